The topological polar surface area (TPSA) is 59.1 Å². The highest BCUT2D eigenvalue weighted by atomic mass is 35.5. The molecule has 0 spiro atoms. The van der Waals surface area contributed by atoms with Crippen molar-refractivity contribution in [3.8, 4) is 11.3 Å². The number of thiazole rings is 1. The summed E-state index contributed by atoms with van der Waals surface area (Å²) in [5.74, 6) is -0.0631. The third-order valence-corrected chi connectivity index (χ3v) is 7.08. The van der Waals surface area contributed by atoms with Crippen LogP contribution in [0.25, 0.3) is 11.3 Å². The summed E-state index contributed by atoms with van der Waals surface area (Å²) < 4.78 is 26.0. The Morgan fingerprint density at radius 3 is 2.62 bits per heavy atom. The molecule has 0 aliphatic carbocycles. The van der Waals surface area contributed by atoms with Gasteiger partial charge in [-0.2, -0.15) is 0 Å². The molecule has 0 saturated carbocycles. The second-order valence-electron chi connectivity index (χ2n) is 5.97. The van der Waals surface area contributed by atoms with E-state index in [1.165, 1.54) is 11.3 Å². The first-order chi connectivity index (χ1) is 12.4. The van der Waals surface area contributed by atoms with Crippen molar-refractivity contribution in [1.82, 2.24) is 10.3 Å². The first-order valence-corrected chi connectivity index (χ1v) is 11.0. The highest BCUT2D eigenvalue weighted by Crippen LogP contribution is 2.33. The average molecular weight is 407 g/mol. The van der Waals surface area contributed by atoms with Gasteiger partial charge in [0.1, 0.15) is 5.01 Å². The van der Waals surface area contributed by atoms with Gasteiger partial charge in [-0.25, -0.2) is 13.4 Å². The van der Waals surface area contributed by atoms with Crippen LogP contribution in [0.3, 0.4) is 0 Å². The number of rotatable bonds is 6. The van der Waals surface area contributed by atoms with Crippen LogP contribution in [0.2, 0.25) is 5.02 Å². The summed E-state index contributed by atoms with van der Waals surface area (Å²) in [6.45, 7) is 2.01. The molecule has 136 valence electrons. The van der Waals surface area contributed by atoms with E-state index in [1.54, 1.807) is 18.2 Å². The SMILES string of the molecule is CNC(C)c1nc(-c2cc(Cl)ccc2S(=O)(=O)Cc2ccccc2)cs1. The minimum Gasteiger partial charge on any atom is -0.311 e. The van der Waals surface area contributed by atoms with Crippen LogP contribution in [0.5, 0.6) is 0 Å². The van der Waals surface area contributed by atoms with Crippen LogP contribution in [-0.4, -0.2) is 20.4 Å². The Labute approximate surface area is 162 Å². The molecule has 7 heteroatoms. The molecule has 4 nitrogen and oxygen atoms in total. The number of nitrogens with one attached hydrogen (secondary N) is 1. The summed E-state index contributed by atoms with van der Waals surface area (Å²) in [4.78, 5) is 4.86. The lowest BCUT2D eigenvalue weighted by molar-refractivity contribution is 0.595. The number of nitrogens with zero attached hydrogens (tertiary/aromatic N) is 1. The summed E-state index contributed by atoms with van der Waals surface area (Å²) in [5, 5.41) is 6.39. The van der Waals surface area contributed by atoms with Gasteiger partial charge in [0, 0.05) is 16.0 Å². The highest BCUT2D eigenvalue weighted by molar-refractivity contribution is 7.90. The molecular formula is C19H19ClN2O2S2. The zero-order valence-corrected chi connectivity index (χ0v) is 16.8. The summed E-state index contributed by atoms with van der Waals surface area (Å²) in [7, 11) is -1.67. The molecule has 1 unspecified atom stereocenters. The van der Waals surface area contributed by atoms with Crippen LogP contribution < -0.4 is 5.32 Å². The second-order valence-corrected chi connectivity index (χ2v) is 9.25. The highest BCUT2D eigenvalue weighted by Gasteiger charge is 2.22. The molecule has 26 heavy (non-hydrogen) atoms. The molecule has 0 radical (unpaired) electrons. The van der Waals surface area contributed by atoms with E-state index in [-0.39, 0.29) is 16.7 Å². The van der Waals surface area contributed by atoms with Gasteiger partial charge in [-0.1, -0.05) is 41.9 Å². The molecule has 1 atom stereocenters. The summed E-state index contributed by atoms with van der Waals surface area (Å²) in [5.41, 5.74) is 1.91. The zero-order valence-electron chi connectivity index (χ0n) is 14.4. The van der Waals surface area contributed by atoms with Gasteiger partial charge in [0.05, 0.1) is 22.4 Å². The van der Waals surface area contributed by atoms with E-state index < -0.39 is 9.84 Å². The molecule has 0 bridgehead atoms. The summed E-state index contributed by atoms with van der Waals surface area (Å²) in [6.07, 6.45) is 0. The van der Waals surface area contributed by atoms with Crippen molar-refractivity contribution < 1.29 is 8.42 Å². The van der Waals surface area contributed by atoms with E-state index >= 15 is 0 Å². The van der Waals surface area contributed by atoms with Gasteiger partial charge in [-0.05, 0) is 37.7 Å². The van der Waals surface area contributed by atoms with Crippen molar-refractivity contribution in [2.24, 2.45) is 0 Å². The van der Waals surface area contributed by atoms with Crippen LogP contribution in [0.1, 0.15) is 23.5 Å². The molecule has 0 aliphatic heterocycles. The molecule has 0 fully saturated rings. The maximum Gasteiger partial charge on any atom is 0.183 e. The number of hydrogen-bond donors (Lipinski definition) is 1. The van der Waals surface area contributed by atoms with Gasteiger partial charge in [-0.3, -0.25) is 0 Å². The lowest BCUT2D eigenvalue weighted by Gasteiger charge is -2.10. The molecule has 2 aromatic carbocycles. The predicted octanol–water partition coefficient (Wildman–Crippen LogP) is 4.72. The fraction of sp³-hybridized carbons (Fsp3) is 0.211. The predicted molar refractivity (Wildman–Crippen MR) is 107 cm³/mol. The molecule has 1 aromatic heterocycles. The average Bonchev–Trinajstić information content (AvgIpc) is 3.11. The van der Waals surface area contributed by atoms with Gasteiger partial charge in [0.2, 0.25) is 0 Å². The number of hydrogen-bond acceptors (Lipinski definition) is 5. The van der Waals surface area contributed by atoms with Crippen LogP contribution in [0.4, 0.5) is 0 Å². The minimum absolute atomic E-state index is 0.0631. The minimum atomic E-state index is -3.54. The molecule has 0 saturated heterocycles. The van der Waals surface area contributed by atoms with Gasteiger partial charge in [-0.15, -0.1) is 11.3 Å². The Morgan fingerprint density at radius 1 is 1.19 bits per heavy atom. The van der Waals surface area contributed by atoms with Crippen molar-refractivity contribution in [2.75, 3.05) is 7.05 Å². The standard InChI is InChI=1S/C19H19ClN2O2S2/c1-13(21-2)19-22-17(11-25-19)16-10-15(20)8-9-18(16)26(23,24)12-14-6-4-3-5-7-14/h3-11,13,21H,12H2,1-2H3. The Kier molecular flexibility index (Phi) is 5.77. The Morgan fingerprint density at radius 2 is 1.92 bits per heavy atom. The quantitative estimate of drug-likeness (QED) is 0.643. The molecule has 3 aromatic rings. The van der Waals surface area contributed by atoms with Crippen molar-refractivity contribution in [3.63, 3.8) is 0 Å². The third-order valence-electron chi connectivity index (χ3n) is 4.08. The van der Waals surface area contributed by atoms with Crippen LogP contribution in [0.15, 0.2) is 58.8 Å². The van der Waals surface area contributed by atoms with Crippen LogP contribution in [-0.2, 0) is 15.6 Å². The van der Waals surface area contributed by atoms with E-state index in [0.29, 0.717) is 16.3 Å². The third kappa shape index (κ3) is 4.15. The van der Waals surface area contributed by atoms with E-state index in [1.807, 2.05) is 49.7 Å². The maximum atomic E-state index is 13.0. The van der Waals surface area contributed by atoms with Crippen molar-refractivity contribution in [1.29, 1.82) is 0 Å². The van der Waals surface area contributed by atoms with Gasteiger partial charge in [0.15, 0.2) is 9.84 Å². The lowest BCUT2D eigenvalue weighted by Crippen LogP contribution is -2.12. The first-order valence-electron chi connectivity index (χ1n) is 8.10. The maximum absolute atomic E-state index is 13.0. The number of benzene rings is 2. The number of sulfone groups is 1. The van der Waals surface area contributed by atoms with Crippen molar-refractivity contribution >= 4 is 32.8 Å². The normalized spacial score (nSPS) is 12.9. The van der Waals surface area contributed by atoms with E-state index in [0.717, 1.165) is 10.6 Å². The van der Waals surface area contributed by atoms with Crippen molar-refractivity contribution in [3.05, 3.63) is 69.5 Å². The van der Waals surface area contributed by atoms with Crippen molar-refractivity contribution in [2.45, 2.75) is 23.6 Å². The smallest absolute Gasteiger partial charge is 0.183 e. The number of aromatic nitrogens is 1. The fourth-order valence-corrected chi connectivity index (χ4v) is 5.20. The summed E-state index contributed by atoms with van der Waals surface area (Å²) >= 11 is 7.64. The van der Waals surface area contributed by atoms with E-state index in [9.17, 15) is 8.42 Å². The fourth-order valence-electron chi connectivity index (χ4n) is 2.58. The Hall–Kier alpha value is -1.73. The molecular weight excluding hydrogens is 388 g/mol. The molecule has 1 heterocycles. The Balaban J connectivity index is 2.04. The molecule has 3 rings (SSSR count). The van der Waals surface area contributed by atoms with Gasteiger partial charge >= 0.3 is 0 Å². The largest absolute Gasteiger partial charge is 0.311 e. The lowest BCUT2D eigenvalue weighted by atomic mass is 10.2. The molecule has 0 aliphatic rings. The van der Waals surface area contributed by atoms with E-state index in [4.69, 9.17) is 11.6 Å². The zero-order chi connectivity index (χ0) is 18.7. The molecule has 0 amide bonds. The molecule has 1 N–H and O–H groups in total. The van der Waals surface area contributed by atoms with Crippen LogP contribution in [0, 0.1) is 0 Å². The first kappa shape index (κ1) is 19.0. The second kappa shape index (κ2) is 7.88. The Bertz CT molecular complexity index is 1000. The van der Waals surface area contributed by atoms with Gasteiger partial charge in [0.25, 0.3) is 0 Å². The van der Waals surface area contributed by atoms with E-state index in [2.05, 4.69) is 10.3 Å². The monoisotopic (exact) mass is 406 g/mol. The van der Waals surface area contributed by atoms with Crippen LogP contribution >= 0.6 is 22.9 Å². The number of halogens is 1. The van der Waals surface area contributed by atoms with Gasteiger partial charge < -0.3 is 5.32 Å². The summed E-state index contributed by atoms with van der Waals surface area (Å²) in [6, 6.07) is 14.1.